The SMILES string of the molecule is CCOC(=O)c1cccc(C=C(C)C)c1. The van der Waals surface area contributed by atoms with Crippen molar-refractivity contribution < 1.29 is 9.53 Å². The lowest BCUT2D eigenvalue weighted by atomic mass is 10.1. The fraction of sp³-hybridized carbons (Fsp3) is 0.308. The van der Waals surface area contributed by atoms with Crippen LogP contribution in [0.25, 0.3) is 6.08 Å². The predicted octanol–water partition coefficient (Wildman–Crippen LogP) is 3.29. The van der Waals surface area contributed by atoms with Gasteiger partial charge in [0.25, 0.3) is 0 Å². The standard InChI is InChI=1S/C13H16O2/c1-4-15-13(14)12-7-5-6-11(9-12)8-10(2)3/h5-9H,4H2,1-3H3. The lowest BCUT2D eigenvalue weighted by Gasteiger charge is -2.02. The van der Waals surface area contributed by atoms with Crippen molar-refractivity contribution in [3.63, 3.8) is 0 Å². The zero-order valence-corrected chi connectivity index (χ0v) is 9.41. The quantitative estimate of drug-likeness (QED) is 0.706. The highest BCUT2D eigenvalue weighted by atomic mass is 16.5. The summed E-state index contributed by atoms with van der Waals surface area (Å²) in [5, 5.41) is 0. The maximum Gasteiger partial charge on any atom is 0.338 e. The van der Waals surface area contributed by atoms with E-state index in [1.807, 2.05) is 38.1 Å². The van der Waals surface area contributed by atoms with Gasteiger partial charge < -0.3 is 4.74 Å². The summed E-state index contributed by atoms with van der Waals surface area (Å²) in [5.41, 5.74) is 2.84. The molecule has 0 atom stereocenters. The number of benzene rings is 1. The normalized spacial score (nSPS) is 9.53. The van der Waals surface area contributed by atoms with Crippen LogP contribution in [0.2, 0.25) is 0 Å². The van der Waals surface area contributed by atoms with Crippen molar-refractivity contribution in [1.29, 1.82) is 0 Å². The molecule has 0 aliphatic rings. The number of ether oxygens (including phenoxy) is 1. The Kier molecular flexibility index (Phi) is 4.10. The Morgan fingerprint density at radius 1 is 1.40 bits per heavy atom. The molecular weight excluding hydrogens is 188 g/mol. The zero-order chi connectivity index (χ0) is 11.3. The van der Waals surface area contributed by atoms with Crippen molar-refractivity contribution in [2.45, 2.75) is 20.8 Å². The molecule has 0 unspecified atom stereocenters. The second-order valence-corrected chi connectivity index (χ2v) is 3.57. The van der Waals surface area contributed by atoms with Gasteiger partial charge in [-0.3, -0.25) is 0 Å². The van der Waals surface area contributed by atoms with Crippen LogP contribution in [0.3, 0.4) is 0 Å². The fourth-order valence-electron chi connectivity index (χ4n) is 1.30. The van der Waals surface area contributed by atoms with E-state index in [1.165, 1.54) is 5.57 Å². The number of hydrogen-bond donors (Lipinski definition) is 0. The lowest BCUT2D eigenvalue weighted by molar-refractivity contribution is 0.0526. The van der Waals surface area contributed by atoms with Gasteiger partial charge in [-0.1, -0.05) is 23.8 Å². The molecule has 15 heavy (non-hydrogen) atoms. The number of carbonyl (C=O) groups excluding carboxylic acids is 1. The van der Waals surface area contributed by atoms with Gasteiger partial charge in [0, 0.05) is 0 Å². The Morgan fingerprint density at radius 2 is 2.13 bits per heavy atom. The summed E-state index contributed by atoms with van der Waals surface area (Å²) in [6.45, 7) is 6.26. The first-order chi connectivity index (χ1) is 7.13. The van der Waals surface area contributed by atoms with E-state index in [4.69, 9.17) is 4.74 Å². The molecule has 0 spiro atoms. The monoisotopic (exact) mass is 204 g/mol. The van der Waals surface area contributed by atoms with Gasteiger partial charge >= 0.3 is 5.97 Å². The summed E-state index contributed by atoms with van der Waals surface area (Å²) in [6, 6.07) is 7.43. The molecular formula is C13H16O2. The van der Waals surface area contributed by atoms with Crippen molar-refractivity contribution in [2.24, 2.45) is 0 Å². The summed E-state index contributed by atoms with van der Waals surface area (Å²) in [4.78, 5) is 11.4. The molecule has 0 heterocycles. The Balaban J connectivity index is 2.92. The second kappa shape index (κ2) is 5.35. The van der Waals surface area contributed by atoms with Gasteiger partial charge in [0.1, 0.15) is 0 Å². The van der Waals surface area contributed by atoms with E-state index in [2.05, 4.69) is 0 Å². The highest BCUT2D eigenvalue weighted by Crippen LogP contribution is 2.10. The number of esters is 1. The van der Waals surface area contributed by atoms with Gasteiger partial charge in [0.05, 0.1) is 12.2 Å². The predicted molar refractivity (Wildman–Crippen MR) is 61.7 cm³/mol. The molecule has 1 rings (SSSR count). The maximum absolute atomic E-state index is 11.4. The molecule has 0 aliphatic heterocycles. The van der Waals surface area contributed by atoms with Crippen LogP contribution in [0.1, 0.15) is 36.7 Å². The van der Waals surface area contributed by atoms with Crippen LogP contribution in [-0.2, 0) is 4.74 Å². The lowest BCUT2D eigenvalue weighted by Crippen LogP contribution is -2.04. The largest absolute Gasteiger partial charge is 0.462 e. The van der Waals surface area contributed by atoms with E-state index in [0.29, 0.717) is 12.2 Å². The molecule has 0 saturated heterocycles. The van der Waals surface area contributed by atoms with Crippen LogP contribution >= 0.6 is 0 Å². The highest BCUT2D eigenvalue weighted by Gasteiger charge is 2.05. The summed E-state index contributed by atoms with van der Waals surface area (Å²) >= 11 is 0. The van der Waals surface area contributed by atoms with Crippen molar-refractivity contribution >= 4 is 12.0 Å². The number of carbonyl (C=O) groups is 1. The van der Waals surface area contributed by atoms with Crippen molar-refractivity contribution in [3.8, 4) is 0 Å². The van der Waals surface area contributed by atoms with Crippen LogP contribution < -0.4 is 0 Å². The Morgan fingerprint density at radius 3 is 2.73 bits per heavy atom. The van der Waals surface area contributed by atoms with Crippen LogP contribution in [0, 0.1) is 0 Å². The van der Waals surface area contributed by atoms with E-state index in [-0.39, 0.29) is 5.97 Å². The molecule has 0 bridgehead atoms. The van der Waals surface area contributed by atoms with Gasteiger partial charge in [0.15, 0.2) is 0 Å². The van der Waals surface area contributed by atoms with Crippen molar-refractivity contribution in [3.05, 3.63) is 41.0 Å². The third-order valence-corrected chi connectivity index (χ3v) is 1.85. The Hall–Kier alpha value is -1.57. The van der Waals surface area contributed by atoms with Gasteiger partial charge in [-0.05, 0) is 38.5 Å². The first-order valence-corrected chi connectivity index (χ1v) is 5.05. The smallest absolute Gasteiger partial charge is 0.338 e. The molecule has 1 aromatic carbocycles. The molecule has 0 radical (unpaired) electrons. The molecule has 0 aliphatic carbocycles. The first-order valence-electron chi connectivity index (χ1n) is 5.05. The molecule has 0 aromatic heterocycles. The number of hydrogen-bond acceptors (Lipinski definition) is 2. The molecule has 2 heteroatoms. The van der Waals surface area contributed by atoms with Crippen LogP contribution in [0.4, 0.5) is 0 Å². The Bertz CT molecular complexity index is 374. The summed E-state index contributed by atoms with van der Waals surface area (Å²) < 4.78 is 4.93. The number of rotatable bonds is 3. The third-order valence-electron chi connectivity index (χ3n) is 1.85. The van der Waals surface area contributed by atoms with Crippen LogP contribution in [0.15, 0.2) is 29.8 Å². The minimum absolute atomic E-state index is 0.262. The van der Waals surface area contributed by atoms with Gasteiger partial charge in [-0.25, -0.2) is 4.79 Å². The van der Waals surface area contributed by atoms with Gasteiger partial charge in [-0.15, -0.1) is 0 Å². The highest BCUT2D eigenvalue weighted by molar-refractivity contribution is 5.90. The average molecular weight is 204 g/mol. The van der Waals surface area contributed by atoms with E-state index >= 15 is 0 Å². The molecule has 0 amide bonds. The summed E-state index contributed by atoms with van der Waals surface area (Å²) in [5.74, 6) is -0.262. The fourth-order valence-corrected chi connectivity index (χ4v) is 1.30. The topological polar surface area (TPSA) is 26.3 Å². The van der Waals surface area contributed by atoms with E-state index in [1.54, 1.807) is 13.0 Å². The first kappa shape index (κ1) is 11.5. The average Bonchev–Trinajstić information content (AvgIpc) is 2.17. The molecule has 0 N–H and O–H groups in total. The van der Waals surface area contributed by atoms with Crippen LogP contribution in [0.5, 0.6) is 0 Å². The minimum Gasteiger partial charge on any atom is -0.462 e. The zero-order valence-electron chi connectivity index (χ0n) is 9.41. The number of allylic oxidation sites excluding steroid dienone is 1. The molecule has 1 aromatic rings. The maximum atomic E-state index is 11.4. The summed E-state index contributed by atoms with van der Waals surface area (Å²) in [7, 11) is 0. The van der Waals surface area contributed by atoms with Crippen molar-refractivity contribution in [2.75, 3.05) is 6.61 Å². The van der Waals surface area contributed by atoms with E-state index in [0.717, 1.165) is 5.56 Å². The van der Waals surface area contributed by atoms with Crippen LogP contribution in [-0.4, -0.2) is 12.6 Å². The molecule has 80 valence electrons. The molecule has 0 saturated carbocycles. The minimum atomic E-state index is -0.262. The summed E-state index contributed by atoms with van der Waals surface area (Å²) in [6.07, 6.45) is 2.03. The van der Waals surface area contributed by atoms with E-state index in [9.17, 15) is 4.79 Å². The molecule has 0 fully saturated rings. The van der Waals surface area contributed by atoms with Gasteiger partial charge in [0.2, 0.25) is 0 Å². The third kappa shape index (κ3) is 3.58. The molecule has 2 nitrogen and oxygen atoms in total. The second-order valence-electron chi connectivity index (χ2n) is 3.57. The van der Waals surface area contributed by atoms with E-state index < -0.39 is 0 Å². The Labute approximate surface area is 90.6 Å². The van der Waals surface area contributed by atoms with Gasteiger partial charge in [-0.2, -0.15) is 0 Å². The van der Waals surface area contributed by atoms with Crippen molar-refractivity contribution in [1.82, 2.24) is 0 Å².